The van der Waals surface area contributed by atoms with Crippen LogP contribution in [0.1, 0.15) is 5.56 Å². The number of hydrogen-bond acceptors (Lipinski definition) is 3. The average Bonchev–Trinajstić information content (AvgIpc) is 2.36. The number of rotatable bonds is 4. The number of aromatic nitrogens is 1. The molecular weight excluding hydrogens is 202 g/mol. The van der Waals surface area contributed by atoms with Crippen molar-refractivity contribution in [1.82, 2.24) is 4.98 Å². The molecule has 3 nitrogen and oxygen atoms in total. The molecule has 0 aliphatic carbocycles. The van der Waals surface area contributed by atoms with Gasteiger partial charge in [-0.3, -0.25) is 4.98 Å². The lowest BCUT2D eigenvalue weighted by molar-refractivity contribution is 0.0521. The smallest absolute Gasteiger partial charge is 0.188 e. The SMILES string of the molecule is C=Cc1ccc(OCOC)c2ncccc12. The number of pyridine rings is 1. The topological polar surface area (TPSA) is 31.4 Å². The fraction of sp³-hybridized carbons (Fsp3) is 0.154. The molecule has 0 radical (unpaired) electrons. The van der Waals surface area contributed by atoms with Crippen LogP contribution < -0.4 is 4.74 Å². The third-order valence-electron chi connectivity index (χ3n) is 2.32. The molecule has 0 N–H and O–H groups in total. The Balaban J connectivity index is 2.55. The minimum absolute atomic E-state index is 0.221. The molecule has 0 saturated heterocycles. The molecule has 2 rings (SSSR count). The Morgan fingerprint density at radius 1 is 1.38 bits per heavy atom. The van der Waals surface area contributed by atoms with Gasteiger partial charge in [0.15, 0.2) is 6.79 Å². The first kappa shape index (κ1) is 10.6. The molecule has 3 heteroatoms. The van der Waals surface area contributed by atoms with Gasteiger partial charge in [-0.2, -0.15) is 0 Å². The highest BCUT2D eigenvalue weighted by molar-refractivity contribution is 5.91. The maximum atomic E-state index is 5.45. The molecule has 0 atom stereocenters. The summed E-state index contributed by atoms with van der Waals surface area (Å²) in [7, 11) is 1.59. The van der Waals surface area contributed by atoms with E-state index in [1.165, 1.54) is 0 Å². The fourth-order valence-electron chi connectivity index (χ4n) is 1.59. The Labute approximate surface area is 94.3 Å². The Hall–Kier alpha value is -1.87. The van der Waals surface area contributed by atoms with Gasteiger partial charge in [0.1, 0.15) is 11.3 Å². The first-order chi connectivity index (χ1) is 7.86. The first-order valence-corrected chi connectivity index (χ1v) is 4.98. The van der Waals surface area contributed by atoms with Gasteiger partial charge in [-0.15, -0.1) is 0 Å². The van der Waals surface area contributed by atoms with E-state index in [2.05, 4.69) is 11.6 Å². The van der Waals surface area contributed by atoms with E-state index in [1.807, 2.05) is 30.3 Å². The normalized spacial score (nSPS) is 10.3. The molecule has 0 aliphatic rings. The Morgan fingerprint density at radius 3 is 3.00 bits per heavy atom. The summed E-state index contributed by atoms with van der Waals surface area (Å²) >= 11 is 0. The number of fused-ring (bicyclic) bond motifs is 1. The molecule has 16 heavy (non-hydrogen) atoms. The summed E-state index contributed by atoms with van der Waals surface area (Å²) in [5.74, 6) is 0.725. The van der Waals surface area contributed by atoms with Gasteiger partial charge >= 0.3 is 0 Å². The van der Waals surface area contributed by atoms with Crippen LogP contribution in [0.2, 0.25) is 0 Å². The molecule has 0 saturated carbocycles. The Kier molecular flexibility index (Phi) is 3.17. The summed E-state index contributed by atoms with van der Waals surface area (Å²) in [5, 5.41) is 1.03. The van der Waals surface area contributed by atoms with E-state index in [-0.39, 0.29) is 6.79 Å². The van der Waals surface area contributed by atoms with Gasteiger partial charge in [0, 0.05) is 18.7 Å². The van der Waals surface area contributed by atoms with Crippen molar-refractivity contribution in [3.8, 4) is 5.75 Å². The van der Waals surface area contributed by atoms with Crippen LogP contribution >= 0.6 is 0 Å². The van der Waals surface area contributed by atoms with Crippen LogP contribution in [0, 0.1) is 0 Å². The highest BCUT2D eigenvalue weighted by Crippen LogP contribution is 2.27. The predicted molar refractivity (Wildman–Crippen MR) is 64.3 cm³/mol. The van der Waals surface area contributed by atoms with E-state index in [4.69, 9.17) is 9.47 Å². The van der Waals surface area contributed by atoms with Gasteiger partial charge in [-0.25, -0.2) is 0 Å². The van der Waals surface area contributed by atoms with Crippen LogP contribution in [-0.4, -0.2) is 18.9 Å². The molecular formula is C13H13NO2. The van der Waals surface area contributed by atoms with Crippen LogP contribution in [0.5, 0.6) is 5.75 Å². The average molecular weight is 215 g/mol. The first-order valence-electron chi connectivity index (χ1n) is 4.98. The summed E-state index contributed by atoms with van der Waals surface area (Å²) in [4.78, 5) is 4.31. The monoisotopic (exact) mass is 215 g/mol. The summed E-state index contributed by atoms with van der Waals surface area (Å²) in [5.41, 5.74) is 1.88. The van der Waals surface area contributed by atoms with Gasteiger partial charge in [0.05, 0.1) is 0 Å². The van der Waals surface area contributed by atoms with Crippen molar-refractivity contribution in [3.05, 3.63) is 42.6 Å². The van der Waals surface area contributed by atoms with Gasteiger partial charge < -0.3 is 9.47 Å². The zero-order chi connectivity index (χ0) is 11.4. The zero-order valence-electron chi connectivity index (χ0n) is 9.14. The lowest BCUT2D eigenvalue weighted by atomic mass is 10.1. The molecule has 1 heterocycles. The lowest BCUT2D eigenvalue weighted by Gasteiger charge is -2.09. The van der Waals surface area contributed by atoms with Gasteiger partial charge in [0.25, 0.3) is 0 Å². The molecule has 1 aromatic carbocycles. The van der Waals surface area contributed by atoms with Crippen molar-refractivity contribution in [2.24, 2.45) is 0 Å². The van der Waals surface area contributed by atoms with Crippen molar-refractivity contribution < 1.29 is 9.47 Å². The van der Waals surface area contributed by atoms with Gasteiger partial charge in [-0.05, 0) is 17.7 Å². The maximum absolute atomic E-state index is 5.45. The van der Waals surface area contributed by atoms with Crippen molar-refractivity contribution in [1.29, 1.82) is 0 Å². The molecule has 0 amide bonds. The van der Waals surface area contributed by atoms with Crippen LogP contribution in [0.25, 0.3) is 17.0 Å². The molecule has 82 valence electrons. The quantitative estimate of drug-likeness (QED) is 0.735. The highest BCUT2D eigenvalue weighted by Gasteiger charge is 2.05. The van der Waals surface area contributed by atoms with E-state index >= 15 is 0 Å². The molecule has 0 unspecified atom stereocenters. The third-order valence-corrected chi connectivity index (χ3v) is 2.32. The van der Waals surface area contributed by atoms with E-state index in [9.17, 15) is 0 Å². The second-order valence-corrected chi connectivity index (χ2v) is 3.31. The van der Waals surface area contributed by atoms with Crippen molar-refractivity contribution in [2.75, 3.05) is 13.9 Å². The molecule has 1 aromatic heterocycles. The number of hydrogen-bond donors (Lipinski definition) is 0. The number of nitrogens with zero attached hydrogens (tertiary/aromatic N) is 1. The van der Waals surface area contributed by atoms with E-state index in [0.717, 1.165) is 22.2 Å². The summed E-state index contributed by atoms with van der Waals surface area (Å²) in [6.07, 6.45) is 3.55. The number of methoxy groups -OCH3 is 1. The lowest BCUT2D eigenvalue weighted by Crippen LogP contribution is -2.00. The molecule has 0 fully saturated rings. The Bertz CT molecular complexity index is 508. The summed E-state index contributed by atoms with van der Waals surface area (Å²) < 4.78 is 10.3. The summed E-state index contributed by atoms with van der Waals surface area (Å²) in [6.45, 7) is 4.00. The van der Waals surface area contributed by atoms with Crippen LogP contribution in [0.15, 0.2) is 37.0 Å². The van der Waals surface area contributed by atoms with Gasteiger partial charge in [0.2, 0.25) is 0 Å². The van der Waals surface area contributed by atoms with Crippen molar-refractivity contribution in [2.45, 2.75) is 0 Å². The van der Waals surface area contributed by atoms with E-state index < -0.39 is 0 Å². The van der Waals surface area contributed by atoms with E-state index in [1.54, 1.807) is 13.3 Å². The standard InChI is InChI=1S/C13H13NO2/c1-3-10-6-7-12(16-9-15-2)13-11(10)5-4-8-14-13/h3-8H,1,9H2,2H3. The second-order valence-electron chi connectivity index (χ2n) is 3.31. The van der Waals surface area contributed by atoms with Crippen LogP contribution in [0.4, 0.5) is 0 Å². The minimum atomic E-state index is 0.221. The minimum Gasteiger partial charge on any atom is -0.465 e. The molecule has 0 bridgehead atoms. The molecule has 0 aliphatic heterocycles. The number of ether oxygens (including phenoxy) is 2. The zero-order valence-corrected chi connectivity index (χ0v) is 9.14. The van der Waals surface area contributed by atoms with Gasteiger partial charge in [-0.1, -0.05) is 24.8 Å². The Morgan fingerprint density at radius 2 is 2.25 bits per heavy atom. The number of benzene rings is 1. The molecule has 2 aromatic rings. The van der Waals surface area contributed by atoms with Crippen molar-refractivity contribution in [3.63, 3.8) is 0 Å². The highest BCUT2D eigenvalue weighted by atomic mass is 16.7. The fourth-order valence-corrected chi connectivity index (χ4v) is 1.59. The third kappa shape index (κ3) is 1.90. The predicted octanol–water partition coefficient (Wildman–Crippen LogP) is 2.86. The largest absolute Gasteiger partial charge is 0.465 e. The second kappa shape index (κ2) is 4.77. The summed E-state index contributed by atoms with van der Waals surface area (Å²) in [6, 6.07) is 7.74. The molecule has 0 spiro atoms. The van der Waals surface area contributed by atoms with Crippen LogP contribution in [0.3, 0.4) is 0 Å². The van der Waals surface area contributed by atoms with E-state index in [0.29, 0.717) is 0 Å². The van der Waals surface area contributed by atoms with Crippen LogP contribution in [-0.2, 0) is 4.74 Å². The van der Waals surface area contributed by atoms with Crippen molar-refractivity contribution >= 4 is 17.0 Å². The maximum Gasteiger partial charge on any atom is 0.188 e.